The normalized spacial score (nSPS) is 17.6. The van der Waals surface area contributed by atoms with Crippen LogP contribution in [0.15, 0.2) is 5.11 Å². The predicted molar refractivity (Wildman–Crippen MR) is 205 cm³/mol. The van der Waals surface area contributed by atoms with Crippen molar-refractivity contribution >= 4 is 74.5 Å². The molecule has 22 heteroatoms. The molecular weight excluding hydrogens is 805 g/mol. The number of rotatable bonds is 27. The van der Waals surface area contributed by atoms with Crippen LogP contribution >= 0.6 is 33.3 Å². The van der Waals surface area contributed by atoms with Gasteiger partial charge in [-0.1, -0.05) is 39.5 Å². The van der Waals surface area contributed by atoms with Crippen molar-refractivity contribution in [3.8, 4) is 0 Å². The van der Waals surface area contributed by atoms with Gasteiger partial charge in [0.05, 0.1) is 24.5 Å². The van der Waals surface area contributed by atoms with E-state index in [1.165, 1.54) is 21.6 Å². The van der Waals surface area contributed by atoms with E-state index in [9.17, 15) is 46.3 Å². The lowest BCUT2D eigenvalue weighted by Crippen LogP contribution is -2.42. The summed E-state index contributed by atoms with van der Waals surface area (Å²) < 4.78 is 57.8. The molecule has 15 nitrogen and oxygen atoms in total. The summed E-state index contributed by atoms with van der Waals surface area (Å²) in [5, 5.41) is 25.4. The minimum absolute atomic E-state index is 0.0205. The van der Waals surface area contributed by atoms with Gasteiger partial charge in [0.15, 0.2) is 29.1 Å². The largest absolute Gasteiger partial charge is 0.481 e. The standard InChI is InChI=1S/C34H46F4N8O7S3/c35-27-26(28(36)30(38)32(29(27)37)45-46-39)33(52)42-19(21(47)12-16-55-56-17-13-25(50)51)8-5-7-15-41-23(48)10-2-1-6-14-40-24(49)11-4-3-9-22-31-20(18-54-22)43-34(53)44-31/h19-20,22,31H,1-18H2,(H,40,49)(H,41,48)(H,42,52)(H,50,51)(H2,43,44,53)/t19-,20-,22-,31-/m0/s1. The van der Waals surface area contributed by atoms with Gasteiger partial charge in [-0.05, 0) is 50.5 Å². The first kappa shape index (κ1) is 46.5. The number of aliphatic carboxylic acids is 1. The van der Waals surface area contributed by atoms with Crippen molar-refractivity contribution in [3.05, 3.63) is 39.3 Å². The first-order chi connectivity index (χ1) is 26.8. The van der Waals surface area contributed by atoms with Crippen LogP contribution in [0.1, 0.15) is 93.8 Å². The molecule has 4 atom stereocenters. The van der Waals surface area contributed by atoms with Crippen LogP contribution in [-0.2, 0) is 19.2 Å². The van der Waals surface area contributed by atoms with Crippen molar-refractivity contribution in [3.63, 3.8) is 0 Å². The van der Waals surface area contributed by atoms with Gasteiger partial charge in [0.2, 0.25) is 11.8 Å². The van der Waals surface area contributed by atoms with E-state index in [0.717, 1.165) is 31.4 Å². The fourth-order valence-electron chi connectivity index (χ4n) is 6.03. The van der Waals surface area contributed by atoms with Gasteiger partial charge in [-0.25, -0.2) is 22.4 Å². The summed E-state index contributed by atoms with van der Waals surface area (Å²) >= 11 is 1.85. The average Bonchev–Trinajstić information content (AvgIpc) is 3.72. The minimum atomic E-state index is -2.10. The Labute approximate surface area is 333 Å². The summed E-state index contributed by atoms with van der Waals surface area (Å²) in [7, 11) is 2.43. The molecule has 6 N–H and O–H groups in total. The zero-order chi connectivity index (χ0) is 41.0. The topological polar surface area (TPSA) is 232 Å². The lowest BCUT2D eigenvalue weighted by atomic mass is 10.0. The smallest absolute Gasteiger partial charge is 0.315 e. The van der Waals surface area contributed by atoms with Crippen LogP contribution in [0.3, 0.4) is 0 Å². The molecule has 2 aliphatic heterocycles. The molecule has 56 heavy (non-hydrogen) atoms. The molecule has 2 fully saturated rings. The Hall–Kier alpha value is -3.88. The monoisotopic (exact) mass is 850 g/mol. The number of carboxylic acid groups (broad SMARTS) is 1. The molecule has 2 saturated heterocycles. The number of nitrogens with zero attached hydrogens (tertiary/aromatic N) is 3. The molecule has 0 aliphatic carbocycles. The number of ketones is 1. The lowest BCUT2D eigenvalue weighted by Gasteiger charge is -2.19. The van der Waals surface area contributed by atoms with Gasteiger partial charge in [0.1, 0.15) is 11.3 Å². The number of unbranched alkanes of at least 4 members (excludes halogenated alkanes) is 4. The fraction of sp³-hybridized carbons (Fsp3) is 0.647. The molecule has 1 aromatic rings. The summed E-state index contributed by atoms with van der Waals surface area (Å²) in [6.07, 6.45) is 5.69. The Balaban J connectivity index is 1.33. The molecule has 3 rings (SSSR count). The van der Waals surface area contributed by atoms with E-state index < -0.39 is 58.2 Å². The number of urea groups is 1. The molecule has 5 amide bonds. The van der Waals surface area contributed by atoms with Crippen molar-refractivity contribution in [2.24, 2.45) is 5.11 Å². The van der Waals surface area contributed by atoms with Crippen LogP contribution in [-0.4, -0.2) is 94.3 Å². The Morgan fingerprint density at radius 3 is 2.07 bits per heavy atom. The van der Waals surface area contributed by atoms with Crippen molar-refractivity contribution in [2.45, 2.75) is 107 Å². The van der Waals surface area contributed by atoms with Crippen LogP contribution in [0.2, 0.25) is 0 Å². The fourth-order valence-corrected chi connectivity index (χ4v) is 9.56. The second-order valence-electron chi connectivity index (χ2n) is 13.1. The van der Waals surface area contributed by atoms with Crippen LogP contribution in [0.5, 0.6) is 0 Å². The SMILES string of the molecule is [N-]=[N+]=Nc1c(F)c(F)c(C(=O)N[C@@H](CCCCNC(=O)CCCCCNC(=O)CCCC[C@@H]2SC[C@@H]3NC(=O)N[C@@H]32)C(=O)CCSSCCC(=O)O)c(F)c1F. The number of fused-ring (bicyclic) bond motifs is 1. The van der Waals surface area contributed by atoms with Gasteiger partial charge in [-0.2, -0.15) is 11.8 Å². The second-order valence-corrected chi connectivity index (χ2v) is 17.0. The van der Waals surface area contributed by atoms with E-state index >= 15 is 0 Å². The third kappa shape index (κ3) is 15.2. The molecule has 0 radical (unpaired) electrons. The van der Waals surface area contributed by atoms with Crippen molar-refractivity contribution in [2.75, 3.05) is 30.3 Å². The Kier molecular flexibility index (Phi) is 20.5. The molecule has 0 unspecified atom stereocenters. The molecule has 2 heterocycles. The number of azide groups is 1. The van der Waals surface area contributed by atoms with Crippen molar-refractivity contribution in [1.29, 1.82) is 0 Å². The highest BCUT2D eigenvalue weighted by Crippen LogP contribution is 2.33. The number of hydrogen-bond donors (Lipinski definition) is 6. The molecule has 2 aliphatic rings. The second kappa shape index (κ2) is 24.7. The number of carbonyl (C=O) groups is 6. The van der Waals surface area contributed by atoms with Gasteiger partial charge < -0.3 is 31.7 Å². The highest BCUT2D eigenvalue weighted by Gasteiger charge is 2.42. The Bertz CT molecular complexity index is 1600. The van der Waals surface area contributed by atoms with E-state index in [1.54, 1.807) is 0 Å². The average molecular weight is 851 g/mol. The number of nitrogens with one attached hydrogen (secondary N) is 5. The Morgan fingerprint density at radius 1 is 0.839 bits per heavy atom. The summed E-state index contributed by atoms with van der Waals surface area (Å²) in [5.41, 5.74) is 5.22. The molecular formula is C34H46F4N8O7S3. The van der Waals surface area contributed by atoms with Crippen LogP contribution in [0.25, 0.3) is 10.4 Å². The highest BCUT2D eigenvalue weighted by molar-refractivity contribution is 8.76. The zero-order valence-corrected chi connectivity index (χ0v) is 33.0. The predicted octanol–water partition coefficient (Wildman–Crippen LogP) is 5.79. The maximum absolute atomic E-state index is 14.6. The van der Waals surface area contributed by atoms with E-state index in [4.69, 9.17) is 10.6 Å². The number of benzene rings is 1. The third-order valence-corrected chi connectivity index (χ3v) is 12.9. The quantitative estimate of drug-likeness (QED) is 0.00912. The van der Waals surface area contributed by atoms with Crippen LogP contribution in [0.4, 0.5) is 28.0 Å². The molecule has 310 valence electrons. The maximum atomic E-state index is 14.6. The lowest BCUT2D eigenvalue weighted by molar-refractivity contribution is -0.136. The summed E-state index contributed by atoms with van der Waals surface area (Å²) in [6, 6.07) is -1.09. The number of thioether (sulfide) groups is 1. The number of amides is 5. The number of carbonyl (C=O) groups excluding carboxylic acids is 5. The van der Waals surface area contributed by atoms with Gasteiger partial charge >= 0.3 is 12.0 Å². The number of halogens is 4. The third-order valence-electron chi connectivity index (χ3n) is 8.95. The minimum Gasteiger partial charge on any atom is -0.481 e. The maximum Gasteiger partial charge on any atom is 0.315 e. The number of hydrogen-bond acceptors (Lipinski definition) is 10. The van der Waals surface area contributed by atoms with Crippen molar-refractivity contribution < 1.29 is 51.4 Å². The van der Waals surface area contributed by atoms with Gasteiger partial charge in [0, 0.05) is 59.8 Å². The number of Topliss-reactive ketones (excluding diaryl/α,β-unsaturated/α-hetero) is 1. The molecule has 0 saturated carbocycles. The van der Waals surface area contributed by atoms with E-state index in [0.29, 0.717) is 37.5 Å². The van der Waals surface area contributed by atoms with Crippen LogP contribution < -0.4 is 26.6 Å². The van der Waals surface area contributed by atoms with E-state index in [1.807, 2.05) is 11.8 Å². The summed E-state index contributed by atoms with van der Waals surface area (Å²) in [4.78, 5) is 74.6. The molecule has 0 bridgehead atoms. The summed E-state index contributed by atoms with van der Waals surface area (Å²) in [6.45, 7) is 0.732. The van der Waals surface area contributed by atoms with Crippen LogP contribution in [0, 0.1) is 23.3 Å². The molecule has 0 spiro atoms. The first-order valence-electron chi connectivity index (χ1n) is 18.3. The number of carboxylic acids is 1. The molecule has 1 aromatic carbocycles. The molecule has 0 aromatic heterocycles. The first-order valence-corrected chi connectivity index (χ1v) is 21.8. The van der Waals surface area contributed by atoms with Gasteiger partial charge in [-0.3, -0.25) is 24.0 Å². The Morgan fingerprint density at radius 2 is 1.45 bits per heavy atom. The van der Waals surface area contributed by atoms with E-state index in [-0.39, 0.29) is 80.1 Å². The van der Waals surface area contributed by atoms with Gasteiger partial charge in [0.25, 0.3) is 5.91 Å². The van der Waals surface area contributed by atoms with E-state index in [2.05, 4.69) is 36.6 Å². The zero-order valence-electron chi connectivity index (χ0n) is 30.5. The highest BCUT2D eigenvalue weighted by atomic mass is 33.1. The van der Waals surface area contributed by atoms with Crippen molar-refractivity contribution in [1.82, 2.24) is 26.6 Å². The van der Waals surface area contributed by atoms with Gasteiger partial charge in [-0.15, -0.1) is 0 Å². The summed E-state index contributed by atoms with van der Waals surface area (Å²) in [5.74, 6) is -10.3.